The van der Waals surface area contributed by atoms with E-state index in [-0.39, 0.29) is 23.6 Å². The molecule has 0 aliphatic carbocycles. The van der Waals surface area contributed by atoms with Gasteiger partial charge in [-0.25, -0.2) is 4.68 Å². The third-order valence-electron chi connectivity index (χ3n) is 4.65. The molecule has 0 saturated heterocycles. The third kappa shape index (κ3) is 5.14. The van der Waals surface area contributed by atoms with Gasteiger partial charge >= 0.3 is 0 Å². The fourth-order valence-electron chi connectivity index (χ4n) is 3.01. The molecule has 152 valence electrons. The predicted octanol–water partition coefficient (Wildman–Crippen LogP) is 3.22. The van der Waals surface area contributed by atoms with E-state index >= 15 is 0 Å². The number of carbonyl (C=O) groups is 1. The van der Waals surface area contributed by atoms with Gasteiger partial charge in [0.05, 0.1) is 11.8 Å². The quantitative estimate of drug-likeness (QED) is 0.437. The molecule has 0 bridgehead atoms. The van der Waals surface area contributed by atoms with Crippen molar-refractivity contribution in [2.24, 2.45) is 5.92 Å². The van der Waals surface area contributed by atoms with Crippen molar-refractivity contribution in [3.63, 3.8) is 0 Å². The molecule has 1 atom stereocenters. The Hall–Kier alpha value is -2.87. The standard InChI is InChI=1S/C21H26N6OS/c1-4-15-7-9-16(10-8-15)19(14(2)3)24-18(28)13-29-21-26-25-20(27(21)22)17-6-5-11-23-12-17/h5-12,14,19H,4,13,22H2,1-3H3,(H,24,28)/t19-/m1/s1. The molecule has 8 heteroatoms. The Morgan fingerprint density at radius 3 is 2.59 bits per heavy atom. The molecule has 2 aromatic heterocycles. The largest absolute Gasteiger partial charge is 0.348 e. The van der Waals surface area contributed by atoms with E-state index < -0.39 is 0 Å². The van der Waals surface area contributed by atoms with Gasteiger partial charge in [0.25, 0.3) is 0 Å². The van der Waals surface area contributed by atoms with Crippen LogP contribution < -0.4 is 11.2 Å². The number of carbonyl (C=O) groups excluding carboxylic acids is 1. The maximum atomic E-state index is 12.6. The molecule has 2 heterocycles. The van der Waals surface area contributed by atoms with Crippen LogP contribution in [0.5, 0.6) is 0 Å². The molecular weight excluding hydrogens is 384 g/mol. The highest BCUT2D eigenvalue weighted by atomic mass is 32.2. The second kappa shape index (κ2) is 9.56. The zero-order valence-electron chi connectivity index (χ0n) is 16.9. The zero-order valence-corrected chi connectivity index (χ0v) is 17.7. The number of benzene rings is 1. The van der Waals surface area contributed by atoms with Crippen molar-refractivity contribution >= 4 is 17.7 Å². The number of amides is 1. The molecule has 0 spiro atoms. The summed E-state index contributed by atoms with van der Waals surface area (Å²) >= 11 is 1.26. The second-order valence-electron chi connectivity index (χ2n) is 7.09. The van der Waals surface area contributed by atoms with Crippen LogP contribution >= 0.6 is 11.8 Å². The summed E-state index contributed by atoms with van der Waals surface area (Å²) in [6.07, 6.45) is 4.35. The molecule has 29 heavy (non-hydrogen) atoms. The van der Waals surface area contributed by atoms with Gasteiger partial charge in [-0.15, -0.1) is 10.2 Å². The molecule has 0 fully saturated rings. The summed E-state index contributed by atoms with van der Waals surface area (Å²) < 4.78 is 1.39. The van der Waals surface area contributed by atoms with Gasteiger partial charge in [-0.3, -0.25) is 9.78 Å². The Labute approximate surface area is 175 Å². The Morgan fingerprint density at radius 2 is 1.97 bits per heavy atom. The van der Waals surface area contributed by atoms with Crippen LogP contribution in [-0.4, -0.2) is 31.5 Å². The number of aryl methyl sites for hydroxylation is 1. The number of hydrogen-bond acceptors (Lipinski definition) is 6. The lowest BCUT2D eigenvalue weighted by Gasteiger charge is -2.23. The Morgan fingerprint density at radius 1 is 1.21 bits per heavy atom. The molecular formula is C21H26N6OS. The van der Waals surface area contributed by atoms with Gasteiger partial charge in [0.15, 0.2) is 5.82 Å². The van der Waals surface area contributed by atoms with E-state index in [0.717, 1.165) is 17.5 Å². The van der Waals surface area contributed by atoms with Crippen molar-refractivity contribution in [2.75, 3.05) is 11.6 Å². The van der Waals surface area contributed by atoms with Crippen LogP contribution in [-0.2, 0) is 11.2 Å². The zero-order chi connectivity index (χ0) is 20.8. The second-order valence-corrected chi connectivity index (χ2v) is 8.03. The molecule has 0 aliphatic rings. The van der Waals surface area contributed by atoms with Gasteiger partial charge in [-0.1, -0.05) is 56.8 Å². The molecule has 0 aliphatic heterocycles. The van der Waals surface area contributed by atoms with Crippen LogP contribution in [0.3, 0.4) is 0 Å². The average Bonchev–Trinajstić information content (AvgIpc) is 3.11. The molecule has 3 rings (SSSR count). The molecule has 3 aromatic rings. The topological polar surface area (TPSA) is 98.7 Å². The van der Waals surface area contributed by atoms with E-state index in [1.54, 1.807) is 12.4 Å². The van der Waals surface area contributed by atoms with Crippen molar-refractivity contribution < 1.29 is 4.79 Å². The normalized spacial score (nSPS) is 12.1. The highest BCUT2D eigenvalue weighted by Gasteiger charge is 2.19. The molecule has 1 aromatic carbocycles. The lowest BCUT2D eigenvalue weighted by Crippen LogP contribution is -2.33. The first-order chi connectivity index (χ1) is 14.0. The lowest BCUT2D eigenvalue weighted by molar-refractivity contribution is -0.119. The molecule has 0 unspecified atom stereocenters. The summed E-state index contributed by atoms with van der Waals surface area (Å²) in [4.78, 5) is 16.6. The van der Waals surface area contributed by atoms with Gasteiger partial charge in [0.2, 0.25) is 11.1 Å². The fraction of sp³-hybridized carbons (Fsp3) is 0.333. The van der Waals surface area contributed by atoms with Gasteiger partial charge < -0.3 is 11.2 Å². The number of nitrogens with zero attached hydrogens (tertiary/aromatic N) is 4. The van der Waals surface area contributed by atoms with E-state index in [1.807, 2.05) is 12.1 Å². The maximum Gasteiger partial charge on any atom is 0.230 e. The summed E-state index contributed by atoms with van der Waals surface area (Å²) in [6, 6.07) is 12.0. The van der Waals surface area contributed by atoms with Gasteiger partial charge in [0.1, 0.15) is 0 Å². The van der Waals surface area contributed by atoms with Crippen LogP contribution in [0.2, 0.25) is 0 Å². The highest BCUT2D eigenvalue weighted by molar-refractivity contribution is 7.99. The molecule has 3 N–H and O–H groups in total. The lowest BCUT2D eigenvalue weighted by atomic mass is 9.95. The first kappa shape index (κ1) is 20.9. The van der Waals surface area contributed by atoms with Crippen LogP contribution in [0.15, 0.2) is 53.9 Å². The van der Waals surface area contributed by atoms with Crippen LogP contribution in [0.1, 0.15) is 37.9 Å². The third-order valence-corrected chi connectivity index (χ3v) is 5.59. The van der Waals surface area contributed by atoms with Crippen molar-refractivity contribution in [1.29, 1.82) is 0 Å². The van der Waals surface area contributed by atoms with Crippen molar-refractivity contribution in [3.05, 3.63) is 59.9 Å². The summed E-state index contributed by atoms with van der Waals surface area (Å²) in [5.74, 6) is 7.02. The first-order valence-corrected chi connectivity index (χ1v) is 10.6. The van der Waals surface area contributed by atoms with E-state index in [0.29, 0.717) is 11.0 Å². The van der Waals surface area contributed by atoms with Gasteiger partial charge in [-0.2, -0.15) is 0 Å². The summed E-state index contributed by atoms with van der Waals surface area (Å²) in [5.41, 5.74) is 3.16. The number of aromatic nitrogens is 4. The number of pyridine rings is 1. The molecule has 1 amide bonds. The van der Waals surface area contributed by atoms with E-state index in [2.05, 4.69) is 65.5 Å². The van der Waals surface area contributed by atoms with Crippen molar-refractivity contribution in [3.8, 4) is 11.4 Å². The number of rotatable bonds is 8. The van der Waals surface area contributed by atoms with Crippen LogP contribution in [0.4, 0.5) is 0 Å². The van der Waals surface area contributed by atoms with Crippen molar-refractivity contribution in [2.45, 2.75) is 38.4 Å². The van der Waals surface area contributed by atoms with E-state index in [4.69, 9.17) is 5.84 Å². The molecule has 7 nitrogen and oxygen atoms in total. The van der Waals surface area contributed by atoms with E-state index in [1.165, 1.54) is 22.0 Å². The van der Waals surface area contributed by atoms with Crippen LogP contribution in [0.25, 0.3) is 11.4 Å². The first-order valence-electron chi connectivity index (χ1n) is 9.61. The number of thioether (sulfide) groups is 1. The van der Waals surface area contributed by atoms with Crippen LogP contribution in [0, 0.1) is 5.92 Å². The number of hydrogen-bond donors (Lipinski definition) is 2. The van der Waals surface area contributed by atoms with Gasteiger partial charge in [-0.05, 0) is 35.6 Å². The Bertz CT molecular complexity index is 940. The van der Waals surface area contributed by atoms with Gasteiger partial charge in [0, 0.05) is 18.0 Å². The monoisotopic (exact) mass is 410 g/mol. The maximum absolute atomic E-state index is 12.6. The average molecular weight is 411 g/mol. The summed E-state index contributed by atoms with van der Waals surface area (Å²) in [7, 11) is 0. The number of nitrogens with two attached hydrogens (primary N) is 1. The minimum absolute atomic E-state index is 0.0456. The summed E-state index contributed by atoms with van der Waals surface area (Å²) in [5, 5.41) is 11.8. The fourth-order valence-corrected chi connectivity index (χ4v) is 3.68. The number of nitrogens with one attached hydrogen (secondary N) is 1. The van der Waals surface area contributed by atoms with E-state index in [9.17, 15) is 4.79 Å². The predicted molar refractivity (Wildman–Crippen MR) is 116 cm³/mol. The smallest absolute Gasteiger partial charge is 0.230 e. The molecule has 0 saturated carbocycles. The number of nitrogen functional groups attached to an aromatic ring is 1. The SMILES string of the molecule is CCc1ccc([C@H](NC(=O)CSc2nnc(-c3cccnc3)n2N)C(C)C)cc1. The minimum Gasteiger partial charge on any atom is -0.348 e. The van der Waals surface area contributed by atoms with Crippen molar-refractivity contribution in [1.82, 2.24) is 25.2 Å². The minimum atomic E-state index is -0.0702. The Balaban J connectivity index is 1.63. The summed E-state index contributed by atoms with van der Waals surface area (Å²) in [6.45, 7) is 6.33. The Kier molecular flexibility index (Phi) is 6.87. The highest BCUT2D eigenvalue weighted by Crippen LogP contribution is 2.24. The molecule has 0 radical (unpaired) electrons.